The van der Waals surface area contributed by atoms with Crippen molar-refractivity contribution in [2.75, 3.05) is 0 Å². The molecule has 0 fully saturated rings. The Morgan fingerprint density at radius 3 is 1.56 bits per heavy atom. The van der Waals surface area contributed by atoms with Crippen LogP contribution < -0.4 is 51.4 Å². The van der Waals surface area contributed by atoms with Crippen LogP contribution in [0.4, 0.5) is 0 Å². The number of hydrogen-bond acceptors (Lipinski definition) is 4. The van der Waals surface area contributed by atoms with Crippen molar-refractivity contribution in [2.24, 2.45) is 0 Å². The summed E-state index contributed by atoms with van der Waals surface area (Å²) < 4.78 is 34.1. The van der Waals surface area contributed by atoms with E-state index in [-0.39, 0.29) is 57.5 Å². The summed E-state index contributed by atoms with van der Waals surface area (Å²) >= 11 is 0. The van der Waals surface area contributed by atoms with Gasteiger partial charge in [0.2, 0.25) is 0 Å². The molecule has 0 rings (SSSR count). The summed E-state index contributed by atoms with van der Waals surface area (Å²) in [7, 11) is -4.18. The van der Waals surface area contributed by atoms with Gasteiger partial charge in [0.25, 0.3) is 0 Å². The Bertz CT molecular complexity index is 374. The van der Waals surface area contributed by atoms with Gasteiger partial charge in [-0.05, 0) is 25.7 Å². The first kappa shape index (κ1) is 28.7. The number of aliphatic hydroxyl groups excluding tert-OH is 1. The van der Waals surface area contributed by atoms with Gasteiger partial charge in [-0.2, -0.15) is 0 Å². The first-order valence-corrected chi connectivity index (χ1v) is 11.5. The minimum Gasteiger partial charge on any atom is -0.748 e. The van der Waals surface area contributed by atoms with Gasteiger partial charge < -0.3 is 9.66 Å². The summed E-state index contributed by atoms with van der Waals surface area (Å²) in [6.45, 7) is 4.29. The van der Waals surface area contributed by atoms with Gasteiger partial charge in [0, 0.05) is 5.25 Å². The van der Waals surface area contributed by atoms with Crippen LogP contribution in [0.25, 0.3) is 0 Å². The van der Waals surface area contributed by atoms with Gasteiger partial charge in [-0.15, -0.1) is 0 Å². The van der Waals surface area contributed by atoms with Crippen LogP contribution in [0, 0.1) is 0 Å². The van der Waals surface area contributed by atoms with Crippen molar-refractivity contribution in [1.29, 1.82) is 0 Å². The van der Waals surface area contributed by atoms with Crippen molar-refractivity contribution >= 4 is 10.1 Å². The molecule has 0 aliphatic carbocycles. The smallest absolute Gasteiger partial charge is 0.748 e. The molecule has 0 aliphatic heterocycles. The van der Waals surface area contributed by atoms with Crippen LogP contribution in [0.5, 0.6) is 0 Å². The Kier molecular flexibility index (Phi) is 21.7. The maximum Gasteiger partial charge on any atom is 1.00 e. The average molecular weight is 403 g/mol. The zero-order valence-electron chi connectivity index (χ0n) is 16.8. The third-order valence-electron chi connectivity index (χ3n) is 4.74. The average Bonchev–Trinajstić information content (AvgIpc) is 2.51. The third kappa shape index (κ3) is 18.6. The van der Waals surface area contributed by atoms with Gasteiger partial charge in [-0.3, -0.25) is 0 Å². The fourth-order valence-corrected chi connectivity index (χ4v) is 4.02. The third-order valence-corrected chi connectivity index (χ3v) is 6.03. The number of rotatable bonds is 17. The molecule has 4 nitrogen and oxygen atoms in total. The van der Waals surface area contributed by atoms with E-state index in [1.807, 2.05) is 0 Å². The van der Waals surface area contributed by atoms with Crippen molar-refractivity contribution in [3.8, 4) is 0 Å². The van der Waals surface area contributed by atoms with Crippen molar-refractivity contribution in [3.05, 3.63) is 0 Å². The fraction of sp³-hybridized carbons (Fsp3) is 1.00. The predicted molar refractivity (Wildman–Crippen MR) is 100 cm³/mol. The Balaban J connectivity index is 0. The largest absolute Gasteiger partial charge is 1.00 e. The number of unbranched alkanes of at least 4 members (excludes halogenated alkanes) is 8. The van der Waals surface area contributed by atoms with Crippen LogP contribution in [0.1, 0.15) is 110 Å². The SMILES string of the molecule is CCCCCCCC(CCCCCC(O)CCCCC)S(=O)(=O)[O-].[K+]. The van der Waals surface area contributed by atoms with E-state index in [9.17, 15) is 18.1 Å². The van der Waals surface area contributed by atoms with Gasteiger partial charge >= 0.3 is 51.4 Å². The second kappa shape index (κ2) is 18.9. The topological polar surface area (TPSA) is 77.4 Å². The molecule has 0 aromatic heterocycles. The first-order chi connectivity index (χ1) is 11.4. The molecule has 0 saturated carbocycles. The van der Waals surface area contributed by atoms with Crippen LogP contribution in [0.3, 0.4) is 0 Å². The second-order valence-corrected chi connectivity index (χ2v) is 8.76. The van der Waals surface area contributed by atoms with E-state index in [0.29, 0.717) is 12.8 Å². The van der Waals surface area contributed by atoms with Crippen LogP contribution in [-0.2, 0) is 10.1 Å². The molecule has 0 bridgehead atoms. The molecule has 1 N–H and O–H groups in total. The molecule has 0 heterocycles. The monoisotopic (exact) mass is 402 g/mol. The molecule has 6 heteroatoms. The zero-order valence-corrected chi connectivity index (χ0v) is 20.8. The van der Waals surface area contributed by atoms with E-state index < -0.39 is 15.4 Å². The number of hydrogen-bond donors (Lipinski definition) is 1. The van der Waals surface area contributed by atoms with Crippen molar-refractivity contribution in [1.82, 2.24) is 0 Å². The summed E-state index contributed by atoms with van der Waals surface area (Å²) in [6.07, 6.45) is 13.7. The van der Waals surface area contributed by atoms with Crippen molar-refractivity contribution < 1.29 is 69.5 Å². The molecule has 0 aromatic rings. The molecule has 2 unspecified atom stereocenters. The molecule has 25 heavy (non-hydrogen) atoms. The molecule has 0 spiro atoms. The summed E-state index contributed by atoms with van der Waals surface area (Å²) in [6, 6.07) is 0. The zero-order chi connectivity index (χ0) is 18.3. The maximum absolute atomic E-state index is 11.4. The van der Waals surface area contributed by atoms with Gasteiger partial charge in [-0.1, -0.05) is 84.5 Å². The Hall–Kier alpha value is 1.51. The van der Waals surface area contributed by atoms with Crippen LogP contribution >= 0.6 is 0 Å². The van der Waals surface area contributed by atoms with E-state index in [1.54, 1.807) is 0 Å². The molecule has 0 aliphatic rings. The Morgan fingerprint density at radius 2 is 1.08 bits per heavy atom. The van der Waals surface area contributed by atoms with Crippen molar-refractivity contribution in [3.63, 3.8) is 0 Å². The molecule has 0 radical (unpaired) electrons. The van der Waals surface area contributed by atoms with Gasteiger partial charge in [0.05, 0.1) is 16.2 Å². The fourth-order valence-electron chi connectivity index (χ4n) is 3.11. The van der Waals surface area contributed by atoms with E-state index in [4.69, 9.17) is 0 Å². The summed E-state index contributed by atoms with van der Waals surface area (Å²) in [4.78, 5) is 0. The summed E-state index contributed by atoms with van der Waals surface area (Å²) in [5.74, 6) is 0. The summed E-state index contributed by atoms with van der Waals surface area (Å²) in [5.41, 5.74) is 0. The van der Waals surface area contributed by atoms with Crippen molar-refractivity contribution in [2.45, 2.75) is 122 Å². The summed E-state index contributed by atoms with van der Waals surface area (Å²) in [5, 5.41) is 9.14. The molecule has 0 saturated heterocycles. The van der Waals surface area contributed by atoms with Crippen LogP contribution in [0.2, 0.25) is 0 Å². The van der Waals surface area contributed by atoms with Gasteiger partial charge in [-0.25, -0.2) is 8.42 Å². The molecule has 2 atom stereocenters. The standard InChI is InChI=1S/C19H40O4S.K/c1-3-5-7-8-12-16-19(24(21,22)23)17-13-9-11-15-18(20)14-10-6-4-2;/h18-20H,3-17H2,1-2H3,(H,21,22,23);/q;+1/p-1. The Morgan fingerprint density at radius 1 is 0.720 bits per heavy atom. The van der Waals surface area contributed by atoms with Gasteiger partial charge in [0.1, 0.15) is 0 Å². The van der Waals surface area contributed by atoms with Crippen LogP contribution in [-0.4, -0.2) is 29.4 Å². The Labute approximate surface area is 199 Å². The van der Waals surface area contributed by atoms with E-state index in [2.05, 4.69) is 13.8 Å². The van der Waals surface area contributed by atoms with E-state index in [1.165, 1.54) is 12.8 Å². The number of aliphatic hydroxyl groups is 1. The molecule has 0 amide bonds. The maximum atomic E-state index is 11.4. The molecule has 146 valence electrons. The van der Waals surface area contributed by atoms with E-state index >= 15 is 0 Å². The van der Waals surface area contributed by atoms with E-state index in [0.717, 1.165) is 70.6 Å². The second-order valence-electron chi connectivity index (χ2n) is 7.11. The van der Waals surface area contributed by atoms with Gasteiger partial charge in [0.15, 0.2) is 0 Å². The molecular formula is C19H39KO4S. The van der Waals surface area contributed by atoms with Crippen LogP contribution in [0.15, 0.2) is 0 Å². The first-order valence-electron chi connectivity index (χ1n) is 10.0. The minimum atomic E-state index is -4.18. The normalized spacial score (nSPS) is 14.1. The predicted octanol–water partition coefficient (Wildman–Crippen LogP) is 2.16. The molecule has 0 aromatic carbocycles. The quantitative estimate of drug-likeness (QED) is 0.230. The molecular weight excluding hydrogens is 363 g/mol. The minimum absolute atomic E-state index is 0.